The molecule has 5 nitrogen and oxygen atoms in total. The standard InChI is InChI=1S/C23H39N5/c1-6-23(5,18-24)14-16-28(8-3)19(4)17-20-9-11-21(12-10-20)27-22(25)13-15-26-7-2/h7,9-13,15,19,26H,2,6,8,14,16-18,24H2,1,3-5H3,(H2,25,27)/b15-13-. The Hall–Kier alpha value is -2.11. The van der Waals surface area contributed by atoms with E-state index in [1.807, 2.05) is 12.1 Å². The summed E-state index contributed by atoms with van der Waals surface area (Å²) in [7, 11) is 0. The molecule has 0 heterocycles. The Bertz CT molecular complexity index is 629. The number of benzene rings is 1. The van der Waals surface area contributed by atoms with Crippen molar-refractivity contribution in [3.63, 3.8) is 0 Å². The van der Waals surface area contributed by atoms with Crippen LogP contribution in [0.4, 0.5) is 5.69 Å². The number of hydrogen-bond acceptors (Lipinski definition) is 4. The molecule has 0 amide bonds. The summed E-state index contributed by atoms with van der Waals surface area (Å²) < 4.78 is 0. The van der Waals surface area contributed by atoms with Crippen molar-refractivity contribution in [1.82, 2.24) is 10.2 Å². The maximum absolute atomic E-state index is 5.98. The highest BCUT2D eigenvalue weighted by molar-refractivity contribution is 5.93. The van der Waals surface area contributed by atoms with Crippen LogP contribution in [0.25, 0.3) is 0 Å². The molecule has 5 heteroatoms. The normalized spacial score (nSPS) is 15.6. The summed E-state index contributed by atoms with van der Waals surface area (Å²) in [4.78, 5) is 6.94. The molecule has 0 saturated carbocycles. The van der Waals surface area contributed by atoms with E-state index in [9.17, 15) is 0 Å². The van der Waals surface area contributed by atoms with E-state index < -0.39 is 0 Å². The molecule has 0 spiro atoms. The molecule has 156 valence electrons. The van der Waals surface area contributed by atoms with Crippen molar-refractivity contribution in [2.75, 3.05) is 19.6 Å². The van der Waals surface area contributed by atoms with Gasteiger partial charge in [0.05, 0.1) is 5.69 Å². The summed E-state index contributed by atoms with van der Waals surface area (Å²) in [6.45, 7) is 15.5. The Balaban J connectivity index is 2.66. The molecule has 0 radical (unpaired) electrons. The summed E-state index contributed by atoms with van der Waals surface area (Å²) in [6, 6.07) is 8.79. The zero-order valence-corrected chi connectivity index (χ0v) is 18.1. The molecule has 1 aromatic carbocycles. The van der Waals surface area contributed by atoms with Crippen LogP contribution < -0.4 is 16.8 Å². The molecule has 0 saturated heterocycles. The smallest absolute Gasteiger partial charge is 0.125 e. The highest BCUT2D eigenvalue weighted by Crippen LogP contribution is 2.25. The number of nitrogens with one attached hydrogen (secondary N) is 1. The van der Waals surface area contributed by atoms with E-state index in [0.717, 1.165) is 44.6 Å². The fourth-order valence-electron chi connectivity index (χ4n) is 3.09. The SMILES string of the molecule is C=CN/C=C\C(N)=Nc1ccc(CC(C)N(CC)CCC(C)(CC)CN)cc1. The minimum atomic E-state index is 0.238. The van der Waals surface area contributed by atoms with Crippen molar-refractivity contribution < 1.29 is 0 Å². The number of amidine groups is 1. The number of hydrogen-bond donors (Lipinski definition) is 3. The number of likely N-dealkylation sites (N-methyl/N-ethyl adjacent to an activating group) is 1. The van der Waals surface area contributed by atoms with Crippen molar-refractivity contribution in [1.29, 1.82) is 0 Å². The third-order valence-corrected chi connectivity index (χ3v) is 5.57. The Kier molecular flexibility index (Phi) is 10.6. The lowest BCUT2D eigenvalue weighted by Crippen LogP contribution is -2.39. The average molecular weight is 386 g/mol. The highest BCUT2D eigenvalue weighted by Gasteiger charge is 2.22. The van der Waals surface area contributed by atoms with Gasteiger partial charge in [0.25, 0.3) is 0 Å². The molecular weight excluding hydrogens is 346 g/mol. The maximum Gasteiger partial charge on any atom is 0.125 e. The van der Waals surface area contributed by atoms with Crippen molar-refractivity contribution in [3.05, 3.63) is 54.9 Å². The zero-order valence-electron chi connectivity index (χ0n) is 18.1. The fraction of sp³-hybridized carbons (Fsp3) is 0.522. The highest BCUT2D eigenvalue weighted by atomic mass is 15.1. The predicted octanol–water partition coefficient (Wildman–Crippen LogP) is 3.94. The number of nitrogens with two attached hydrogens (primary N) is 2. The first kappa shape index (κ1) is 23.9. The van der Waals surface area contributed by atoms with E-state index >= 15 is 0 Å². The Labute approximate surface area is 171 Å². The van der Waals surface area contributed by atoms with Crippen molar-refractivity contribution in [2.24, 2.45) is 21.9 Å². The van der Waals surface area contributed by atoms with E-state index in [0.29, 0.717) is 11.9 Å². The van der Waals surface area contributed by atoms with E-state index in [1.54, 1.807) is 18.5 Å². The van der Waals surface area contributed by atoms with Gasteiger partial charge in [-0.3, -0.25) is 0 Å². The topological polar surface area (TPSA) is 79.7 Å². The number of aliphatic imine (C=N–C) groups is 1. The van der Waals surface area contributed by atoms with Gasteiger partial charge in [0.1, 0.15) is 5.84 Å². The summed E-state index contributed by atoms with van der Waals surface area (Å²) in [6.07, 6.45) is 8.27. The van der Waals surface area contributed by atoms with Crippen LogP contribution in [0, 0.1) is 5.41 Å². The van der Waals surface area contributed by atoms with E-state index in [1.165, 1.54) is 5.56 Å². The van der Waals surface area contributed by atoms with E-state index in [4.69, 9.17) is 11.5 Å². The molecule has 0 aliphatic heterocycles. The number of nitrogens with zero attached hydrogens (tertiary/aromatic N) is 2. The minimum absolute atomic E-state index is 0.238. The molecule has 28 heavy (non-hydrogen) atoms. The van der Waals surface area contributed by atoms with Crippen LogP contribution in [-0.4, -0.2) is 36.4 Å². The zero-order chi connectivity index (χ0) is 21.0. The second kappa shape index (κ2) is 12.4. The van der Waals surface area contributed by atoms with Gasteiger partial charge in [-0.25, -0.2) is 4.99 Å². The first-order chi connectivity index (χ1) is 13.4. The van der Waals surface area contributed by atoms with Crippen molar-refractivity contribution in [3.8, 4) is 0 Å². The lowest BCUT2D eigenvalue weighted by atomic mass is 9.84. The Morgan fingerprint density at radius 2 is 2.00 bits per heavy atom. The first-order valence-corrected chi connectivity index (χ1v) is 10.3. The second-order valence-corrected chi connectivity index (χ2v) is 7.71. The van der Waals surface area contributed by atoms with Gasteiger partial charge in [-0.2, -0.15) is 0 Å². The van der Waals surface area contributed by atoms with Gasteiger partial charge in [-0.1, -0.05) is 39.5 Å². The molecule has 0 fully saturated rings. The van der Waals surface area contributed by atoms with Crippen LogP contribution in [0.2, 0.25) is 0 Å². The van der Waals surface area contributed by atoms with Crippen LogP contribution in [-0.2, 0) is 6.42 Å². The Morgan fingerprint density at radius 3 is 2.54 bits per heavy atom. The molecule has 0 aliphatic carbocycles. The Morgan fingerprint density at radius 1 is 1.32 bits per heavy atom. The minimum Gasteiger partial charge on any atom is -0.384 e. The molecule has 0 aromatic heterocycles. The van der Waals surface area contributed by atoms with E-state index in [-0.39, 0.29) is 5.41 Å². The number of rotatable bonds is 13. The van der Waals surface area contributed by atoms with Gasteiger partial charge in [-0.05, 0) is 81.2 Å². The molecule has 2 unspecified atom stereocenters. The molecule has 0 bridgehead atoms. The van der Waals surface area contributed by atoms with Gasteiger partial charge < -0.3 is 21.7 Å². The molecule has 5 N–H and O–H groups in total. The summed E-state index contributed by atoms with van der Waals surface area (Å²) in [5, 5.41) is 2.85. The monoisotopic (exact) mass is 385 g/mol. The van der Waals surface area contributed by atoms with Crippen molar-refractivity contribution in [2.45, 2.75) is 53.0 Å². The fourth-order valence-corrected chi connectivity index (χ4v) is 3.09. The quantitative estimate of drug-likeness (QED) is 0.355. The van der Waals surface area contributed by atoms with Crippen LogP contribution in [0.5, 0.6) is 0 Å². The van der Waals surface area contributed by atoms with Gasteiger partial charge in [-0.15, -0.1) is 0 Å². The predicted molar refractivity (Wildman–Crippen MR) is 123 cm³/mol. The molecule has 1 aromatic rings. The maximum atomic E-state index is 5.98. The van der Waals surface area contributed by atoms with Crippen LogP contribution >= 0.6 is 0 Å². The summed E-state index contributed by atoms with van der Waals surface area (Å²) in [5.74, 6) is 0.450. The van der Waals surface area contributed by atoms with Crippen molar-refractivity contribution >= 4 is 11.5 Å². The third kappa shape index (κ3) is 8.28. The van der Waals surface area contributed by atoms with Gasteiger partial charge in [0, 0.05) is 12.2 Å². The average Bonchev–Trinajstić information content (AvgIpc) is 2.70. The second-order valence-electron chi connectivity index (χ2n) is 7.71. The van der Waals surface area contributed by atoms with Crippen LogP contribution in [0.15, 0.2) is 54.3 Å². The van der Waals surface area contributed by atoms with Crippen LogP contribution in [0.3, 0.4) is 0 Å². The molecule has 2 atom stereocenters. The lowest BCUT2D eigenvalue weighted by molar-refractivity contribution is 0.172. The third-order valence-electron chi connectivity index (χ3n) is 5.57. The molecule has 1 rings (SSSR count). The van der Waals surface area contributed by atoms with Crippen LogP contribution in [0.1, 0.15) is 46.1 Å². The van der Waals surface area contributed by atoms with E-state index in [2.05, 4.69) is 61.6 Å². The van der Waals surface area contributed by atoms with Gasteiger partial charge >= 0.3 is 0 Å². The van der Waals surface area contributed by atoms with Gasteiger partial charge in [0.2, 0.25) is 0 Å². The largest absolute Gasteiger partial charge is 0.384 e. The summed E-state index contributed by atoms with van der Waals surface area (Å²) in [5.41, 5.74) is 14.3. The molecule has 0 aliphatic rings. The lowest BCUT2D eigenvalue weighted by Gasteiger charge is -2.33. The van der Waals surface area contributed by atoms with Gasteiger partial charge in [0.15, 0.2) is 0 Å². The molecular formula is C23H39N5. The summed E-state index contributed by atoms with van der Waals surface area (Å²) >= 11 is 0. The first-order valence-electron chi connectivity index (χ1n) is 10.3.